The van der Waals surface area contributed by atoms with Gasteiger partial charge >= 0.3 is 0 Å². The van der Waals surface area contributed by atoms with Crippen LogP contribution in [-0.2, 0) is 4.79 Å². The monoisotopic (exact) mass is 402 g/mol. The Morgan fingerprint density at radius 1 is 1.37 bits per heavy atom. The van der Waals surface area contributed by atoms with E-state index >= 15 is 0 Å². The first kappa shape index (κ1) is 19.3. The first-order valence-electron chi connectivity index (χ1n) is 8.37. The van der Waals surface area contributed by atoms with Crippen LogP contribution in [0, 0.1) is 0 Å². The molecule has 0 unspecified atom stereocenters. The Labute approximate surface area is 166 Å². The Kier molecular flexibility index (Phi) is 6.36. The third-order valence-electron chi connectivity index (χ3n) is 3.43. The zero-order valence-electron chi connectivity index (χ0n) is 14.9. The fraction of sp³-hybridized carbons (Fsp3) is 0.211. The molecule has 0 atom stereocenters. The van der Waals surface area contributed by atoms with Gasteiger partial charge in [-0.25, -0.2) is 10.4 Å². The molecule has 1 aromatic heterocycles. The fourth-order valence-corrected chi connectivity index (χ4v) is 3.20. The number of H-pyrrole nitrogens is 1. The number of carbonyl (C=O) groups is 1. The van der Waals surface area contributed by atoms with Crippen molar-refractivity contribution in [2.75, 3.05) is 5.75 Å². The van der Waals surface area contributed by atoms with Gasteiger partial charge in [-0.2, -0.15) is 5.10 Å². The summed E-state index contributed by atoms with van der Waals surface area (Å²) >= 11 is 7.50. The minimum Gasteiger partial charge on any atom is -0.489 e. The van der Waals surface area contributed by atoms with E-state index in [1.807, 2.05) is 44.2 Å². The third kappa shape index (κ3) is 5.48. The van der Waals surface area contributed by atoms with Crippen LogP contribution in [0.15, 0.2) is 52.7 Å². The van der Waals surface area contributed by atoms with Crippen LogP contribution in [0.25, 0.3) is 11.0 Å². The number of nitrogens with zero attached hydrogens (tertiary/aromatic N) is 2. The number of nitrogens with one attached hydrogen (secondary N) is 2. The first-order chi connectivity index (χ1) is 13.0. The summed E-state index contributed by atoms with van der Waals surface area (Å²) in [5.41, 5.74) is 5.08. The Morgan fingerprint density at radius 2 is 2.19 bits per heavy atom. The first-order valence-corrected chi connectivity index (χ1v) is 9.73. The maximum Gasteiger partial charge on any atom is 0.250 e. The van der Waals surface area contributed by atoms with E-state index < -0.39 is 0 Å². The fourth-order valence-electron chi connectivity index (χ4n) is 2.29. The second-order valence-corrected chi connectivity index (χ2v) is 7.37. The number of amides is 1. The minimum absolute atomic E-state index is 0.0468. The second-order valence-electron chi connectivity index (χ2n) is 6.00. The molecule has 0 saturated heterocycles. The molecule has 0 bridgehead atoms. The molecule has 0 saturated carbocycles. The lowest BCUT2D eigenvalue weighted by molar-refractivity contribution is -0.118. The van der Waals surface area contributed by atoms with Crippen LogP contribution < -0.4 is 10.2 Å². The van der Waals surface area contributed by atoms with E-state index in [1.165, 1.54) is 18.0 Å². The van der Waals surface area contributed by atoms with Crippen molar-refractivity contribution in [3.05, 3.63) is 53.1 Å². The number of ether oxygens (including phenoxy) is 1. The van der Waals surface area contributed by atoms with Gasteiger partial charge in [0, 0.05) is 0 Å². The molecule has 2 aromatic carbocycles. The lowest BCUT2D eigenvalue weighted by atomic mass is 10.2. The number of imidazole rings is 1. The highest BCUT2D eigenvalue weighted by atomic mass is 35.5. The number of para-hydroxylation sites is 2. The Hall–Kier alpha value is -2.51. The standard InChI is InChI=1S/C19H19ClN4O2S/c1-12(2)26-17-8-7-13(9-14(17)20)10-21-24-18(25)11-27-19-22-15-5-3-4-6-16(15)23-19/h3-10,12H,11H2,1-2H3,(H,22,23)(H,24,25)/b21-10-. The molecule has 3 rings (SSSR count). The summed E-state index contributed by atoms with van der Waals surface area (Å²) in [4.78, 5) is 19.5. The molecule has 6 nitrogen and oxygen atoms in total. The highest BCUT2D eigenvalue weighted by Crippen LogP contribution is 2.25. The summed E-state index contributed by atoms with van der Waals surface area (Å²) in [7, 11) is 0. The zero-order valence-corrected chi connectivity index (χ0v) is 16.5. The van der Waals surface area contributed by atoms with Crippen molar-refractivity contribution in [2.24, 2.45) is 5.10 Å². The molecule has 0 spiro atoms. The molecule has 0 radical (unpaired) electrons. The average Bonchev–Trinajstić information content (AvgIpc) is 3.05. The molecule has 3 aromatic rings. The zero-order chi connectivity index (χ0) is 19.2. The van der Waals surface area contributed by atoms with Gasteiger partial charge in [0.2, 0.25) is 0 Å². The molecule has 2 N–H and O–H groups in total. The second kappa shape index (κ2) is 8.92. The van der Waals surface area contributed by atoms with E-state index in [1.54, 1.807) is 12.1 Å². The van der Waals surface area contributed by atoms with Crippen LogP contribution in [0.4, 0.5) is 0 Å². The van der Waals surface area contributed by atoms with Crippen LogP contribution in [0.1, 0.15) is 19.4 Å². The molecular formula is C19H19ClN4O2S. The molecule has 0 aliphatic heterocycles. The van der Waals surface area contributed by atoms with E-state index in [-0.39, 0.29) is 17.8 Å². The minimum atomic E-state index is -0.220. The number of thioether (sulfide) groups is 1. The van der Waals surface area contributed by atoms with Gasteiger partial charge in [-0.3, -0.25) is 4.79 Å². The lowest BCUT2D eigenvalue weighted by Crippen LogP contribution is -2.19. The van der Waals surface area contributed by atoms with Gasteiger partial charge < -0.3 is 9.72 Å². The van der Waals surface area contributed by atoms with E-state index in [2.05, 4.69) is 20.5 Å². The summed E-state index contributed by atoms with van der Waals surface area (Å²) in [6, 6.07) is 13.1. The highest BCUT2D eigenvalue weighted by molar-refractivity contribution is 7.99. The van der Waals surface area contributed by atoms with Gasteiger partial charge in [-0.15, -0.1) is 0 Å². The Morgan fingerprint density at radius 3 is 2.93 bits per heavy atom. The molecule has 8 heteroatoms. The van der Waals surface area contributed by atoms with Gasteiger partial charge in [0.25, 0.3) is 5.91 Å². The summed E-state index contributed by atoms with van der Waals surface area (Å²) in [5.74, 6) is 0.608. The molecule has 1 heterocycles. The number of hydrogen-bond donors (Lipinski definition) is 2. The number of rotatable bonds is 7. The molecule has 0 aliphatic carbocycles. The van der Waals surface area contributed by atoms with E-state index in [4.69, 9.17) is 16.3 Å². The van der Waals surface area contributed by atoms with E-state index in [0.717, 1.165) is 16.6 Å². The molecule has 140 valence electrons. The Balaban J connectivity index is 1.50. The van der Waals surface area contributed by atoms with Gasteiger partial charge in [0.1, 0.15) is 5.75 Å². The van der Waals surface area contributed by atoms with E-state index in [9.17, 15) is 4.79 Å². The number of fused-ring (bicyclic) bond motifs is 1. The molecule has 0 fully saturated rings. The summed E-state index contributed by atoms with van der Waals surface area (Å²) in [6.07, 6.45) is 1.58. The average molecular weight is 403 g/mol. The normalized spacial score (nSPS) is 11.4. The van der Waals surface area contributed by atoms with Crippen molar-refractivity contribution in [1.29, 1.82) is 0 Å². The van der Waals surface area contributed by atoms with Gasteiger partial charge in [-0.1, -0.05) is 35.5 Å². The van der Waals surface area contributed by atoms with Gasteiger partial charge in [0.15, 0.2) is 5.16 Å². The van der Waals surface area contributed by atoms with Gasteiger partial charge in [0.05, 0.1) is 34.1 Å². The van der Waals surface area contributed by atoms with E-state index in [0.29, 0.717) is 15.9 Å². The number of benzene rings is 2. The van der Waals surface area contributed by atoms with Crippen LogP contribution in [0.5, 0.6) is 5.75 Å². The molecular weight excluding hydrogens is 384 g/mol. The van der Waals surface area contributed by atoms with Gasteiger partial charge in [-0.05, 0) is 49.7 Å². The largest absolute Gasteiger partial charge is 0.489 e. The number of aromatic nitrogens is 2. The smallest absolute Gasteiger partial charge is 0.250 e. The number of hydrogen-bond acceptors (Lipinski definition) is 5. The lowest BCUT2D eigenvalue weighted by Gasteiger charge is -2.11. The topological polar surface area (TPSA) is 79.4 Å². The molecule has 0 aliphatic rings. The van der Waals surface area contributed by atoms with Crippen molar-refractivity contribution in [2.45, 2.75) is 25.1 Å². The number of carbonyl (C=O) groups excluding carboxylic acids is 1. The Bertz CT molecular complexity index is 938. The summed E-state index contributed by atoms with van der Waals surface area (Å²) in [6.45, 7) is 3.87. The maximum absolute atomic E-state index is 11.9. The third-order valence-corrected chi connectivity index (χ3v) is 4.60. The highest BCUT2D eigenvalue weighted by Gasteiger charge is 2.07. The van der Waals surface area contributed by atoms with Crippen molar-refractivity contribution in [3.8, 4) is 5.75 Å². The van der Waals surface area contributed by atoms with Crippen LogP contribution in [-0.4, -0.2) is 33.9 Å². The predicted molar refractivity (Wildman–Crippen MR) is 110 cm³/mol. The number of halogens is 1. The summed E-state index contributed by atoms with van der Waals surface area (Å²) in [5, 5.41) is 5.16. The predicted octanol–water partition coefficient (Wildman–Crippen LogP) is 4.25. The maximum atomic E-state index is 11.9. The molecule has 27 heavy (non-hydrogen) atoms. The number of aromatic amines is 1. The van der Waals surface area contributed by atoms with Crippen molar-refractivity contribution in [3.63, 3.8) is 0 Å². The van der Waals surface area contributed by atoms with Crippen molar-refractivity contribution in [1.82, 2.24) is 15.4 Å². The van der Waals surface area contributed by atoms with Crippen molar-refractivity contribution < 1.29 is 9.53 Å². The van der Waals surface area contributed by atoms with Crippen LogP contribution in [0.3, 0.4) is 0 Å². The number of hydrazone groups is 1. The van der Waals surface area contributed by atoms with Crippen LogP contribution in [0.2, 0.25) is 5.02 Å². The molecule has 1 amide bonds. The SMILES string of the molecule is CC(C)Oc1ccc(/C=N\NC(=O)CSc2nc3ccccc3[nH]2)cc1Cl. The van der Waals surface area contributed by atoms with Crippen molar-refractivity contribution >= 4 is 46.5 Å². The quantitative estimate of drug-likeness (QED) is 0.352. The van der Waals surface area contributed by atoms with Crippen LogP contribution >= 0.6 is 23.4 Å². The summed E-state index contributed by atoms with van der Waals surface area (Å²) < 4.78 is 5.58.